The number of methoxy groups -OCH3 is 1. The van der Waals surface area contributed by atoms with E-state index in [0.717, 1.165) is 55.5 Å². The molecule has 2 aromatic carbocycles. The van der Waals surface area contributed by atoms with Crippen LogP contribution in [0.25, 0.3) is 0 Å². The van der Waals surface area contributed by atoms with E-state index in [0.29, 0.717) is 12.6 Å². The average Bonchev–Trinajstić information content (AvgIpc) is 2.84. The Morgan fingerprint density at radius 1 is 0.909 bits per heavy atom. The van der Waals surface area contributed by atoms with Crippen molar-refractivity contribution in [3.63, 3.8) is 0 Å². The molecule has 0 fully saturated rings. The summed E-state index contributed by atoms with van der Waals surface area (Å²) in [6.07, 6.45) is 7.00. The zero-order chi connectivity index (χ0) is 23.9. The van der Waals surface area contributed by atoms with Crippen molar-refractivity contribution in [2.75, 3.05) is 33.4 Å². The molecule has 0 bridgehead atoms. The maximum atomic E-state index is 6.11. The zero-order valence-electron chi connectivity index (χ0n) is 21.0. The van der Waals surface area contributed by atoms with Crippen LogP contribution in [0.2, 0.25) is 5.02 Å². The van der Waals surface area contributed by atoms with E-state index in [1.807, 2.05) is 12.1 Å². The van der Waals surface area contributed by atoms with Gasteiger partial charge in [-0.3, -0.25) is 4.90 Å². The molecule has 4 nitrogen and oxygen atoms in total. The highest BCUT2D eigenvalue weighted by Gasteiger charge is 2.10. The summed E-state index contributed by atoms with van der Waals surface area (Å²) in [5.41, 5.74) is 2.52. The SMILES string of the molecule is CCCCN(CCCC)CCOc1ccc(CC[C@@H](C)NCc2ccc(Cl)cc2)cc1OC. The summed E-state index contributed by atoms with van der Waals surface area (Å²) in [6.45, 7) is 11.5. The first-order chi connectivity index (χ1) is 16.0. The highest BCUT2D eigenvalue weighted by atomic mass is 35.5. The van der Waals surface area contributed by atoms with Crippen LogP contribution >= 0.6 is 11.6 Å². The summed E-state index contributed by atoms with van der Waals surface area (Å²) < 4.78 is 11.7. The second-order valence-electron chi connectivity index (χ2n) is 8.83. The molecule has 184 valence electrons. The highest BCUT2D eigenvalue weighted by Crippen LogP contribution is 2.28. The van der Waals surface area contributed by atoms with Gasteiger partial charge in [0, 0.05) is 24.2 Å². The normalized spacial score (nSPS) is 12.2. The van der Waals surface area contributed by atoms with Gasteiger partial charge in [-0.25, -0.2) is 0 Å². The van der Waals surface area contributed by atoms with E-state index < -0.39 is 0 Å². The fraction of sp³-hybridized carbons (Fsp3) is 0.571. The Bertz CT molecular complexity index is 774. The second-order valence-corrected chi connectivity index (χ2v) is 9.27. The minimum absolute atomic E-state index is 0.417. The van der Waals surface area contributed by atoms with Crippen LogP contribution in [-0.2, 0) is 13.0 Å². The van der Waals surface area contributed by atoms with Crippen molar-refractivity contribution in [2.45, 2.75) is 71.9 Å². The third-order valence-corrected chi connectivity index (χ3v) is 6.23. The molecule has 2 rings (SSSR count). The monoisotopic (exact) mass is 474 g/mol. The van der Waals surface area contributed by atoms with Crippen LogP contribution in [0.15, 0.2) is 42.5 Å². The van der Waals surface area contributed by atoms with Gasteiger partial charge in [-0.2, -0.15) is 0 Å². The van der Waals surface area contributed by atoms with E-state index in [4.69, 9.17) is 21.1 Å². The zero-order valence-corrected chi connectivity index (χ0v) is 21.8. The van der Waals surface area contributed by atoms with E-state index >= 15 is 0 Å². The molecule has 0 aromatic heterocycles. The van der Waals surface area contributed by atoms with Crippen molar-refractivity contribution in [3.8, 4) is 11.5 Å². The molecule has 0 aliphatic rings. The third-order valence-electron chi connectivity index (χ3n) is 5.98. The first-order valence-electron chi connectivity index (χ1n) is 12.6. The molecule has 0 aliphatic carbocycles. The molecule has 2 aromatic rings. The molecular formula is C28H43ClN2O2. The van der Waals surface area contributed by atoms with Gasteiger partial charge < -0.3 is 14.8 Å². The standard InChI is InChI=1S/C28H43ClN2O2/c1-5-7-17-31(18-8-6-2)19-20-33-27-16-13-24(21-28(27)32-4)10-9-23(3)30-22-25-11-14-26(29)15-12-25/h11-16,21,23,30H,5-10,17-20,22H2,1-4H3/t23-/m1/s1. The number of ether oxygens (including phenoxy) is 2. The van der Waals surface area contributed by atoms with Gasteiger partial charge in [0.2, 0.25) is 0 Å². The molecule has 0 amide bonds. The van der Waals surface area contributed by atoms with Gasteiger partial charge in [-0.05, 0) is 81.1 Å². The van der Waals surface area contributed by atoms with Crippen LogP contribution < -0.4 is 14.8 Å². The fourth-order valence-electron chi connectivity index (χ4n) is 3.75. The van der Waals surface area contributed by atoms with Crippen molar-refractivity contribution < 1.29 is 9.47 Å². The summed E-state index contributed by atoms with van der Waals surface area (Å²) in [4.78, 5) is 2.52. The quantitative estimate of drug-likeness (QED) is 0.275. The molecule has 0 aliphatic heterocycles. The highest BCUT2D eigenvalue weighted by molar-refractivity contribution is 6.30. The van der Waals surface area contributed by atoms with Crippen molar-refractivity contribution in [1.82, 2.24) is 10.2 Å². The predicted molar refractivity (Wildman–Crippen MR) is 141 cm³/mol. The Morgan fingerprint density at radius 2 is 1.58 bits per heavy atom. The van der Waals surface area contributed by atoms with Crippen LogP contribution in [0.5, 0.6) is 11.5 Å². The largest absolute Gasteiger partial charge is 0.493 e. The minimum atomic E-state index is 0.417. The summed E-state index contributed by atoms with van der Waals surface area (Å²) in [7, 11) is 1.72. The van der Waals surface area contributed by atoms with Gasteiger partial charge in [0.15, 0.2) is 11.5 Å². The fourth-order valence-corrected chi connectivity index (χ4v) is 3.88. The van der Waals surface area contributed by atoms with E-state index in [9.17, 15) is 0 Å². The molecule has 0 heterocycles. The summed E-state index contributed by atoms with van der Waals surface area (Å²) in [5, 5.41) is 4.37. The molecule has 0 saturated heterocycles. The molecule has 0 unspecified atom stereocenters. The van der Waals surface area contributed by atoms with Gasteiger partial charge in [-0.1, -0.05) is 56.5 Å². The van der Waals surface area contributed by atoms with Crippen molar-refractivity contribution in [3.05, 3.63) is 58.6 Å². The molecule has 33 heavy (non-hydrogen) atoms. The van der Waals surface area contributed by atoms with Gasteiger partial charge in [0.05, 0.1) is 7.11 Å². The van der Waals surface area contributed by atoms with Crippen molar-refractivity contribution in [1.29, 1.82) is 0 Å². The van der Waals surface area contributed by atoms with Crippen LogP contribution in [0.1, 0.15) is 64.0 Å². The third kappa shape index (κ3) is 10.8. The van der Waals surface area contributed by atoms with Crippen molar-refractivity contribution >= 4 is 11.6 Å². The molecule has 0 spiro atoms. The first kappa shape index (κ1) is 27.5. The number of hydrogen-bond acceptors (Lipinski definition) is 4. The molecule has 1 atom stereocenters. The molecule has 0 saturated carbocycles. The predicted octanol–water partition coefficient (Wildman–Crippen LogP) is 6.74. The van der Waals surface area contributed by atoms with E-state index in [2.05, 4.69) is 61.3 Å². The Balaban J connectivity index is 1.79. The van der Waals surface area contributed by atoms with E-state index in [1.54, 1.807) is 7.11 Å². The van der Waals surface area contributed by atoms with Gasteiger partial charge in [-0.15, -0.1) is 0 Å². The van der Waals surface area contributed by atoms with Crippen molar-refractivity contribution in [2.24, 2.45) is 0 Å². The van der Waals surface area contributed by atoms with Crippen LogP contribution in [0.3, 0.4) is 0 Å². The van der Waals surface area contributed by atoms with Crippen LogP contribution in [0, 0.1) is 0 Å². The van der Waals surface area contributed by atoms with Gasteiger partial charge >= 0.3 is 0 Å². The number of benzene rings is 2. The maximum Gasteiger partial charge on any atom is 0.161 e. The number of aryl methyl sites for hydroxylation is 1. The lowest BCUT2D eigenvalue weighted by Gasteiger charge is -2.22. The summed E-state index contributed by atoms with van der Waals surface area (Å²) in [6, 6.07) is 14.8. The Morgan fingerprint density at radius 3 is 2.21 bits per heavy atom. The number of unbranched alkanes of at least 4 members (excludes halogenated alkanes) is 2. The second kappa shape index (κ2) is 16.0. The number of hydrogen-bond donors (Lipinski definition) is 1. The summed E-state index contributed by atoms with van der Waals surface area (Å²) in [5.74, 6) is 1.66. The number of rotatable bonds is 17. The van der Waals surface area contributed by atoms with Gasteiger partial charge in [0.25, 0.3) is 0 Å². The smallest absolute Gasteiger partial charge is 0.161 e. The molecule has 0 radical (unpaired) electrons. The lowest BCUT2D eigenvalue weighted by Crippen LogP contribution is -2.30. The van der Waals surface area contributed by atoms with E-state index in [1.165, 1.54) is 36.8 Å². The van der Waals surface area contributed by atoms with Crippen LogP contribution in [0.4, 0.5) is 0 Å². The topological polar surface area (TPSA) is 33.7 Å². The summed E-state index contributed by atoms with van der Waals surface area (Å²) >= 11 is 5.96. The first-order valence-corrected chi connectivity index (χ1v) is 12.9. The van der Waals surface area contributed by atoms with E-state index in [-0.39, 0.29) is 0 Å². The Labute approximate surface area is 206 Å². The Kier molecular flexibility index (Phi) is 13.3. The molecule has 5 heteroatoms. The number of nitrogens with one attached hydrogen (secondary N) is 1. The maximum absolute atomic E-state index is 6.11. The Hall–Kier alpha value is -1.75. The number of halogens is 1. The van der Waals surface area contributed by atoms with Crippen LogP contribution in [-0.4, -0.2) is 44.3 Å². The van der Waals surface area contributed by atoms with Gasteiger partial charge in [0.1, 0.15) is 6.61 Å². The number of nitrogens with zero attached hydrogens (tertiary/aromatic N) is 1. The lowest BCUT2D eigenvalue weighted by atomic mass is 10.1. The molecular weight excluding hydrogens is 432 g/mol. The lowest BCUT2D eigenvalue weighted by molar-refractivity contribution is 0.200. The molecule has 1 N–H and O–H groups in total. The minimum Gasteiger partial charge on any atom is -0.493 e. The average molecular weight is 475 g/mol.